The van der Waals surface area contributed by atoms with Crippen LogP contribution in [0.25, 0.3) is 0 Å². The molecule has 10 heteroatoms. The predicted molar refractivity (Wildman–Crippen MR) is 127 cm³/mol. The maximum Gasteiger partial charge on any atom is 0.254 e. The second kappa shape index (κ2) is 10.8. The third kappa shape index (κ3) is 5.94. The third-order valence-electron chi connectivity index (χ3n) is 5.63. The van der Waals surface area contributed by atoms with Crippen molar-refractivity contribution in [3.63, 3.8) is 0 Å². The van der Waals surface area contributed by atoms with Gasteiger partial charge in [0.2, 0.25) is 10.0 Å². The smallest absolute Gasteiger partial charge is 0.254 e. The van der Waals surface area contributed by atoms with Crippen LogP contribution in [0.15, 0.2) is 41.4 Å². The second-order valence-electron chi connectivity index (χ2n) is 8.01. The highest BCUT2D eigenvalue weighted by Crippen LogP contribution is 2.28. The Balaban J connectivity index is 1.61. The molecule has 0 saturated carbocycles. The van der Waals surface area contributed by atoms with Gasteiger partial charge in [0.15, 0.2) is 11.5 Å². The van der Waals surface area contributed by atoms with E-state index in [1.807, 2.05) is 18.7 Å². The van der Waals surface area contributed by atoms with Crippen LogP contribution in [0.2, 0.25) is 0 Å². The van der Waals surface area contributed by atoms with Gasteiger partial charge < -0.3 is 19.3 Å². The SMILES string of the molecule is CCCC(C)NS(=O)(=O)c1ccc(N2CCN(C(=O)c3ccc(OC)c(OC)c3)CC2)nc1. The van der Waals surface area contributed by atoms with E-state index in [4.69, 9.17) is 9.47 Å². The molecule has 1 atom stereocenters. The number of sulfonamides is 1. The molecule has 0 bridgehead atoms. The van der Waals surface area contributed by atoms with Gasteiger partial charge in [-0.05, 0) is 43.7 Å². The van der Waals surface area contributed by atoms with Crippen LogP contribution < -0.4 is 19.1 Å². The Morgan fingerprint density at radius 2 is 1.79 bits per heavy atom. The number of carbonyl (C=O) groups excluding carboxylic acids is 1. The van der Waals surface area contributed by atoms with E-state index in [1.165, 1.54) is 13.3 Å². The minimum atomic E-state index is -3.59. The standard InChI is InChI=1S/C23H32N4O5S/c1-5-6-17(2)25-33(29,30)19-8-10-22(24-16-19)26-11-13-27(14-12-26)23(28)18-7-9-20(31-3)21(15-18)32-4/h7-10,15-17,25H,5-6,11-14H2,1-4H3. The normalized spacial score (nSPS) is 15.3. The van der Waals surface area contributed by atoms with Crippen molar-refractivity contribution < 1.29 is 22.7 Å². The van der Waals surface area contributed by atoms with Crippen LogP contribution in [0, 0.1) is 0 Å². The van der Waals surface area contributed by atoms with Crippen molar-refractivity contribution in [3.05, 3.63) is 42.1 Å². The van der Waals surface area contributed by atoms with E-state index in [9.17, 15) is 13.2 Å². The highest BCUT2D eigenvalue weighted by molar-refractivity contribution is 7.89. The van der Waals surface area contributed by atoms with Crippen molar-refractivity contribution >= 4 is 21.7 Å². The van der Waals surface area contributed by atoms with E-state index in [-0.39, 0.29) is 16.8 Å². The number of nitrogens with one attached hydrogen (secondary N) is 1. The van der Waals surface area contributed by atoms with Crippen molar-refractivity contribution in [2.45, 2.75) is 37.6 Å². The molecule has 2 aromatic rings. The summed E-state index contributed by atoms with van der Waals surface area (Å²) < 4.78 is 38.2. The molecule has 3 rings (SSSR count). The Hall–Kier alpha value is -2.85. The number of hydrogen-bond donors (Lipinski definition) is 1. The van der Waals surface area contributed by atoms with Crippen molar-refractivity contribution in [2.24, 2.45) is 0 Å². The van der Waals surface area contributed by atoms with Crippen LogP contribution in [0.3, 0.4) is 0 Å². The first-order valence-electron chi connectivity index (χ1n) is 11.0. The monoisotopic (exact) mass is 476 g/mol. The maximum absolute atomic E-state index is 12.9. The van der Waals surface area contributed by atoms with E-state index >= 15 is 0 Å². The summed E-state index contributed by atoms with van der Waals surface area (Å²) in [5.74, 6) is 1.70. The Morgan fingerprint density at radius 1 is 1.09 bits per heavy atom. The van der Waals surface area contributed by atoms with Gasteiger partial charge in [-0.1, -0.05) is 13.3 Å². The third-order valence-corrected chi connectivity index (χ3v) is 7.21. The highest BCUT2D eigenvalue weighted by Gasteiger charge is 2.24. The number of piperazine rings is 1. The Bertz CT molecular complexity index is 1050. The van der Waals surface area contributed by atoms with Crippen molar-refractivity contribution in [2.75, 3.05) is 45.3 Å². The molecule has 1 aromatic heterocycles. The Labute approximate surface area is 195 Å². The van der Waals surface area contributed by atoms with Gasteiger partial charge in [0.1, 0.15) is 10.7 Å². The summed E-state index contributed by atoms with van der Waals surface area (Å²) >= 11 is 0. The van der Waals surface area contributed by atoms with E-state index in [0.717, 1.165) is 12.8 Å². The van der Waals surface area contributed by atoms with E-state index in [1.54, 1.807) is 42.3 Å². The Kier molecular flexibility index (Phi) is 8.15. The van der Waals surface area contributed by atoms with Crippen LogP contribution in [0.4, 0.5) is 5.82 Å². The summed E-state index contributed by atoms with van der Waals surface area (Å²) in [5.41, 5.74) is 0.540. The molecule has 0 radical (unpaired) electrons. The highest BCUT2D eigenvalue weighted by atomic mass is 32.2. The number of carbonyl (C=O) groups is 1. The predicted octanol–water partition coefficient (Wildman–Crippen LogP) is 2.53. The summed E-state index contributed by atoms with van der Waals surface area (Å²) in [6.07, 6.45) is 3.07. The lowest BCUT2D eigenvalue weighted by molar-refractivity contribution is 0.0746. The average molecular weight is 477 g/mol. The fraction of sp³-hybridized carbons (Fsp3) is 0.478. The van der Waals surface area contributed by atoms with Gasteiger partial charge in [0, 0.05) is 44.0 Å². The second-order valence-corrected chi connectivity index (χ2v) is 9.73. The zero-order valence-corrected chi connectivity index (χ0v) is 20.4. The molecule has 180 valence electrons. The van der Waals surface area contributed by atoms with Crippen LogP contribution in [0.1, 0.15) is 37.0 Å². The molecule has 1 N–H and O–H groups in total. The number of hydrogen-bond acceptors (Lipinski definition) is 7. The summed E-state index contributed by atoms with van der Waals surface area (Å²) in [5, 5.41) is 0. The maximum atomic E-state index is 12.9. The molecule has 0 spiro atoms. The van der Waals surface area contributed by atoms with Crippen molar-refractivity contribution in [3.8, 4) is 11.5 Å². The summed E-state index contributed by atoms with van der Waals surface area (Å²) in [6, 6.07) is 8.29. The summed E-state index contributed by atoms with van der Waals surface area (Å²) in [7, 11) is -0.502. The first-order valence-corrected chi connectivity index (χ1v) is 12.5. The number of ether oxygens (including phenoxy) is 2. The molecule has 1 aliphatic heterocycles. The number of nitrogens with zero attached hydrogens (tertiary/aromatic N) is 3. The van der Waals surface area contributed by atoms with E-state index in [0.29, 0.717) is 49.1 Å². The molecular formula is C23H32N4O5S. The van der Waals surface area contributed by atoms with Gasteiger partial charge in [-0.2, -0.15) is 0 Å². The number of benzene rings is 1. The van der Waals surface area contributed by atoms with Crippen LogP contribution in [0.5, 0.6) is 11.5 Å². The van der Waals surface area contributed by atoms with Gasteiger partial charge >= 0.3 is 0 Å². The molecule has 1 aliphatic rings. The summed E-state index contributed by atoms with van der Waals surface area (Å²) in [6.45, 7) is 6.14. The van der Waals surface area contributed by atoms with Crippen molar-refractivity contribution in [1.82, 2.24) is 14.6 Å². The lowest BCUT2D eigenvalue weighted by atomic mass is 10.1. The van der Waals surface area contributed by atoms with Gasteiger partial charge in [0.05, 0.1) is 14.2 Å². The van der Waals surface area contributed by atoms with Crippen molar-refractivity contribution in [1.29, 1.82) is 0 Å². The van der Waals surface area contributed by atoms with Crippen LogP contribution in [-0.2, 0) is 10.0 Å². The number of amides is 1. The molecule has 0 aliphatic carbocycles. The number of methoxy groups -OCH3 is 2. The number of pyridine rings is 1. The average Bonchev–Trinajstić information content (AvgIpc) is 2.83. The molecule has 1 unspecified atom stereocenters. The Morgan fingerprint density at radius 3 is 2.36 bits per heavy atom. The van der Waals surface area contributed by atoms with Gasteiger partial charge in [-0.25, -0.2) is 18.1 Å². The summed E-state index contributed by atoms with van der Waals surface area (Å²) in [4.78, 5) is 21.3. The zero-order chi connectivity index (χ0) is 24.0. The molecular weight excluding hydrogens is 444 g/mol. The van der Waals surface area contributed by atoms with Crippen LogP contribution in [-0.4, -0.2) is 70.6 Å². The minimum absolute atomic E-state index is 0.0720. The topological polar surface area (TPSA) is 101 Å². The number of anilines is 1. The minimum Gasteiger partial charge on any atom is -0.493 e. The lowest BCUT2D eigenvalue weighted by Gasteiger charge is -2.35. The number of rotatable bonds is 9. The molecule has 1 aromatic carbocycles. The van der Waals surface area contributed by atoms with E-state index < -0.39 is 10.0 Å². The lowest BCUT2D eigenvalue weighted by Crippen LogP contribution is -2.49. The first kappa shape index (κ1) is 24.8. The van der Waals surface area contributed by atoms with Crippen LogP contribution >= 0.6 is 0 Å². The fourth-order valence-electron chi connectivity index (χ4n) is 3.83. The zero-order valence-electron chi connectivity index (χ0n) is 19.6. The molecule has 1 amide bonds. The number of aromatic nitrogens is 1. The molecule has 9 nitrogen and oxygen atoms in total. The van der Waals surface area contributed by atoms with Gasteiger partial charge in [0.25, 0.3) is 5.91 Å². The first-order chi connectivity index (χ1) is 15.8. The van der Waals surface area contributed by atoms with Gasteiger partial charge in [-0.15, -0.1) is 0 Å². The molecule has 1 fully saturated rings. The molecule has 2 heterocycles. The fourth-order valence-corrected chi connectivity index (χ4v) is 5.06. The van der Waals surface area contributed by atoms with E-state index in [2.05, 4.69) is 9.71 Å². The van der Waals surface area contributed by atoms with Gasteiger partial charge in [-0.3, -0.25) is 4.79 Å². The quantitative estimate of drug-likeness (QED) is 0.593. The molecule has 1 saturated heterocycles. The largest absolute Gasteiger partial charge is 0.493 e. The molecule has 33 heavy (non-hydrogen) atoms.